The van der Waals surface area contributed by atoms with Gasteiger partial charge in [-0.2, -0.15) is 4.98 Å². The van der Waals surface area contributed by atoms with Gasteiger partial charge in [0.2, 0.25) is 5.88 Å². The number of aryl methyl sites for hydroxylation is 1. The van der Waals surface area contributed by atoms with E-state index in [-0.39, 0.29) is 5.56 Å². The van der Waals surface area contributed by atoms with Crippen molar-refractivity contribution in [3.05, 3.63) is 47.3 Å². The number of aromatic nitrogens is 2. The number of rotatable bonds is 3. The number of ether oxygens (including phenoxy) is 1. The van der Waals surface area contributed by atoms with Gasteiger partial charge in [0.15, 0.2) is 0 Å². The standard InChI is InChI=1S/C17H18F2N4O2/c1-11-20-15(10-16(21-11)25-2)22-5-7-23(8-6-22)17(24)13-4-3-12(18)9-14(13)19/h3-4,9-10H,5-8H2,1-2H3. The van der Waals surface area contributed by atoms with Crippen LogP contribution < -0.4 is 9.64 Å². The van der Waals surface area contributed by atoms with E-state index in [4.69, 9.17) is 4.74 Å². The molecule has 1 saturated heterocycles. The van der Waals surface area contributed by atoms with Crippen molar-refractivity contribution in [2.45, 2.75) is 6.92 Å². The Morgan fingerprint density at radius 1 is 1.12 bits per heavy atom. The quantitative estimate of drug-likeness (QED) is 0.850. The van der Waals surface area contributed by atoms with Gasteiger partial charge in [-0.25, -0.2) is 13.8 Å². The minimum absolute atomic E-state index is 0.116. The molecule has 0 spiro atoms. The maximum Gasteiger partial charge on any atom is 0.256 e. The summed E-state index contributed by atoms with van der Waals surface area (Å²) in [7, 11) is 1.54. The molecule has 0 radical (unpaired) electrons. The van der Waals surface area contributed by atoms with Crippen LogP contribution in [0.2, 0.25) is 0 Å². The highest BCUT2D eigenvalue weighted by molar-refractivity contribution is 5.94. The summed E-state index contributed by atoms with van der Waals surface area (Å²) in [5.74, 6) is -0.177. The number of benzene rings is 1. The number of carbonyl (C=O) groups is 1. The molecule has 132 valence electrons. The lowest BCUT2D eigenvalue weighted by atomic mass is 10.1. The van der Waals surface area contributed by atoms with Gasteiger partial charge in [0.05, 0.1) is 12.7 Å². The minimum atomic E-state index is -0.844. The molecule has 1 aliphatic rings. The van der Waals surface area contributed by atoms with E-state index >= 15 is 0 Å². The summed E-state index contributed by atoms with van der Waals surface area (Å²) in [5, 5.41) is 0. The van der Waals surface area contributed by atoms with Gasteiger partial charge < -0.3 is 14.5 Å². The van der Waals surface area contributed by atoms with Crippen molar-refractivity contribution in [2.24, 2.45) is 0 Å². The molecule has 1 aliphatic heterocycles. The van der Waals surface area contributed by atoms with Gasteiger partial charge in [-0.15, -0.1) is 0 Å². The molecule has 2 aromatic rings. The molecule has 0 unspecified atom stereocenters. The Morgan fingerprint density at radius 2 is 1.84 bits per heavy atom. The first-order valence-electron chi connectivity index (χ1n) is 7.87. The monoisotopic (exact) mass is 348 g/mol. The second-order valence-corrected chi connectivity index (χ2v) is 5.72. The summed E-state index contributed by atoms with van der Waals surface area (Å²) in [6.45, 7) is 3.72. The van der Waals surface area contributed by atoms with Crippen LogP contribution >= 0.6 is 0 Å². The highest BCUT2D eigenvalue weighted by Crippen LogP contribution is 2.20. The first-order chi connectivity index (χ1) is 12.0. The van der Waals surface area contributed by atoms with E-state index in [9.17, 15) is 13.6 Å². The third kappa shape index (κ3) is 3.67. The normalized spacial score (nSPS) is 14.6. The molecule has 25 heavy (non-hydrogen) atoms. The van der Waals surface area contributed by atoms with Gasteiger partial charge in [0.25, 0.3) is 5.91 Å². The molecule has 0 bridgehead atoms. The molecular formula is C17H18F2N4O2. The van der Waals surface area contributed by atoms with Crippen molar-refractivity contribution < 1.29 is 18.3 Å². The van der Waals surface area contributed by atoms with E-state index in [1.165, 1.54) is 6.07 Å². The van der Waals surface area contributed by atoms with Gasteiger partial charge in [0.1, 0.15) is 23.3 Å². The minimum Gasteiger partial charge on any atom is -0.481 e. The van der Waals surface area contributed by atoms with Crippen molar-refractivity contribution >= 4 is 11.7 Å². The summed E-state index contributed by atoms with van der Waals surface area (Å²) in [6, 6.07) is 4.73. The Bertz CT molecular complexity index is 792. The fourth-order valence-electron chi connectivity index (χ4n) is 2.76. The van der Waals surface area contributed by atoms with E-state index in [0.717, 1.165) is 18.0 Å². The first kappa shape index (κ1) is 17.1. The number of carbonyl (C=O) groups excluding carboxylic acids is 1. The third-order valence-electron chi connectivity index (χ3n) is 4.06. The summed E-state index contributed by atoms with van der Waals surface area (Å²) < 4.78 is 31.9. The lowest BCUT2D eigenvalue weighted by molar-refractivity contribution is 0.0741. The topological polar surface area (TPSA) is 58.6 Å². The lowest BCUT2D eigenvalue weighted by Gasteiger charge is -2.35. The number of anilines is 1. The number of methoxy groups -OCH3 is 1. The smallest absolute Gasteiger partial charge is 0.256 e. The van der Waals surface area contributed by atoms with E-state index in [1.807, 2.05) is 4.90 Å². The third-order valence-corrected chi connectivity index (χ3v) is 4.06. The predicted molar refractivity (Wildman–Crippen MR) is 87.8 cm³/mol. The summed E-state index contributed by atoms with van der Waals surface area (Å²) in [6.07, 6.45) is 0. The fraction of sp³-hybridized carbons (Fsp3) is 0.353. The number of hydrogen-bond acceptors (Lipinski definition) is 5. The van der Waals surface area contributed by atoms with E-state index in [0.29, 0.717) is 37.9 Å². The highest BCUT2D eigenvalue weighted by atomic mass is 19.1. The molecule has 0 N–H and O–H groups in total. The zero-order valence-corrected chi connectivity index (χ0v) is 14.0. The average Bonchev–Trinajstić information content (AvgIpc) is 2.61. The molecule has 1 aromatic carbocycles. The lowest BCUT2D eigenvalue weighted by Crippen LogP contribution is -2.49. The highest BCUT2D eigenvalue weighted by Gasteiger charge is 2.25. The summed E-state index contributed by atoms with van der Waals surface area (Å²) in [5.41, 5.74) is -0.116. The SMILES string of the molecule is COc1cc(N2CCN(C(=O)c3ccc(F)cc3F)CC2)nc(C)n1. The van der Waals surface area contributed by atoms with Crippen LogP contribution in [0.1, 0.15) is 16.2 Å². The van der Waals surface area contributed by atoms with Crippen molar-refractivity contribution in [1.29, 1.82) is 0 Å². The fourth-order valence-corrected chi connectivity index (χ4v) is 2.76. The van der Waals surface area contributed by atoms with E-state index in [1.54, 1.807) is 25.0 Å². The Morgan fingerprint density at radius 3 is 2.48 bits per heavy atom. The van der Waals surface area contributed by atoms with Crippen LogP contribution in [-0.4, -0.2) is 54.1 Å². The van der Waals surface area contributed by atoms with Crippen LogP contribution in [0.25, 0.3) is 0 Å². The largest absolute Gasteiger partial charge is 0.481 e. The van der Waals surface area contributed by atoms with Gasteiger partial charge in [-0.1, -0.05) is 0 Å². The van der Waals surface area contributed by atoms with Gasteiger partial charge in [0, 0.05) is 38.3 Å². The number of amides is 1. The van der Waals surface area contributed by atoms with Crippen LogP contribution in [0.15, 0.2) is 24.3 Å². The Balaban J connectivity index is 1.69. The Hall–Kier alpha value is -2.77. The molecule has 0 atom stereocenters. The van der Waals surface area contributed by atoms with Crippen LogP contribution in [0.4, 0.5) is 14.6 Å². The van der Waals surface area contributed by atoms with Crippen molar-refractivity contribution in [3.8, 4) is 5.88 Å². The number of nitrogens with zero attached hydrogens (tertiary/aromatic N) is 4. The molecule has 8 heteroatoms. The Labute approximate surface area is 144 Å². The zero-order chi connectivity index (χ0) is 18.0. The maximum absolute atomic E-state index is 13.8. The van der Waals surface area contributed by atoms with Gasteiger partial charge in [-0.3, -0.25) is 4.79 Å². The van der Waals surface area contributed by atoms with Crippen LogP contribution in [0.3, 0.4) is 0 Å². The second-order valence-electron chi connectivity index (χ2n) is 5.72. The van der Waals surface area contributed by atoms with Crippen LogP contribution in [0, 0.1) is 18.6 Å². The predicted octanol–water partition coefficient (Wildman–Crippen LogP) is 2.03. The van der Waals surface area contributed by atoms with Crippen LogP contribution in [0.5, 0.6) is 5.88 Å². The molecule has 1 aromatic heterocycles. The molecule has 1 amide bonds. The summed E-state index contributed by atoms with van der Waals surface area (Å²) in [4.78, 5) is 24.5. The summed E-state index contributed by atoms with van der Waals surface area (Å²) >= 11 is 0. The number of piperazine rings is 1. The van der Waals surface area contributed by atoms with E-state index < -0.39 is 17.5 Å². The zero-order valence-electron chi connectivity index (χ0n) is 14.0. The van der Waals surface area contributed by atoms with Gasteiger partial charge >= 0.3 is 0 Å². The van der Waals surface area contributed by atoms with Crippen LogP contribution in [-0.2, 0) is 0 Å². The maximum atomic E-state index is 13.8. The molecule has 2 heterocycles. The number of hydrogen-bond donors (Lipinski definition) is 0. The van der Waals surface area contributed by atoms with Crippen molar-refractivity contribution in [1.82, 2.24) is 14.9 Å². The molecule has 0 aliphatic carbocycles. The molecule has 3 rings (SSSR count). The Kier molecular flexibility index (Phi) is 4.78. The molecular weight excluding hydrogens is 330 g/mol. The molecule has 0 saturated carbocycles. The second kappa shape index (κ2) is 7.00. The number of halogens is 2. The van der Waals surface area contributed by atoms with E-state index in [2.05, 4.69) is 9.97 Å². The average molecular weight is 348 g/mol. The van der Waals surface area contributed by atoms with Crippen molar-refractivity contribution in [3.63, 3.8) is 0 Å². The molecule has 1 fully saturated rings. The van der Waals surface area contributed by atoms with Gasteiger partial charge in [-0.05, 0) is 19.1 Å². The first-order valence-corrected chi connectivity index (χ1v) is 7.87. The molecule has 6 nitrogen and oxygen atoms in total. The van der Waals surface area contributed by atoms with Crippen molar-refractivity contribution in [2.75, 3.05) is 38.2 Å².